The molecule has 1 aromatic heterocycles. The highest BCUT2D eigenvalue weighted by Crippen LogP contribution is 2.45. The summed E-state index contributed by atoms with van der Waals surface area (Å²) in [5.74, 6) is -1.65. The third-order valence-electron chi connectivity index (χ3n) is 9.11. The highest BCUT2D eigenvalue weighted by atomic mass is 16.6. The number of unbranched alkanes of at least 4 members (excludes halogenated alkanes) is 1. The minimum Gasteiger partial charge on any atom is -0.497 e. The molecule has 3 amide bonds. The van der Waals surface area contributed by atoms with E-state index in [1.54, 1.807) is 40.0 Å². The summed E-state index contributed by atoms with van der Waals surface area (Å²) in [5, 5.41) is 16.1. The molecular weight excluding hydrogens is 652 g/mol. The van der Waals surface area contributed by atoms with Crippen molar-refractivity contribution in [3.63, 3.8) is 0 Å². The summed E-state index contributed by atoms with van der Waals surface area (Å²) < 4.78 is 17.5. The van der Waals surface area contributed by atoms with Crippen molar-refractivity contribution in [2.24, 2.45) is 5.92 Å². The van der Waals surface area contributed by atoms with Crippen molar-refractivity contribution < 1.29 is 38.5 Å². The Hall–Kier alpha value is -5.39. The Morgan fingerprint density at radius 2 is 1.86 bits per heavy atom. The number of fused-ring (bicyclic) bond motifs is 1. The van der Waals surface area contributed by atoms with E-state index in [-0.39, 0.29) is 25.8 Å². The van der Waals surface area contributed by atoms with Gasteiger partial charge in [-0.3, -0.25) is 9.59 Å². The van der Waals surface area contributed by atoms with Crippen LogP contribution < -0.4 is 20.1 Å². The third kappa shape index (κ3) is 8.50. The second-order valence-corrected chi connectivity index (χ2v) is 14.0. The van der Waals surface area contributed by atoms with Crippen LogP contribution in [0.3, 0.4) is 0 Å². The smallest absolute Gasteiger partial charge is 0.408 e. The predicted molar refractivity (Wildman–Crippen MR) is 192 cm³/mol. The van der Waals surface area contributed by atoms with Gasteiger partial charge < -0.3 is 34.9 Å². The number of methoxy groups -OCH3 is 1. The number of pyridine rings is 1. The number of ether oxygens (including phenoxy) is 3. The number of carbonyl (C=O) groups is 4. The summed E-state index contributed by atoms with van der Waals surface area (Å²) in [5.41, 5.74) is -0.162. The fraction of sp³-hybridized carbons (Fsp3) is 0.410. The quantitative estimate of drug-likeness (QED) is 0.143. The topological polar surface area (TPSA) is 156 Å². The fourth-order valence-electron chi connectivity index (χ4n) is 6.40. The predicted octanol–water partition coefficient (Wildman–Crippen LogP) is 5.65. The van der Waals surface area contributed by atoms with Gasteiger partial charge in [-0.05, 0) is 58.6 Å². The van der Waals surface area contributed by atoms with Crippen molar-refractivity contribution >= 4 is 34.8 Å². The Morgan fingerprint density at radius 3 is 2.49 bits per heavy atom. The van der Waals surface area contributed by atoms with Crippen LogP contribution in [-0.2, 0) is 19.1 Å². The molecule has 3 N–H and O–H groups in total. The highest BCUT2D eigenvalue weighted by Gasteiger charge is 2.61. The van der Waals surface area contributed by atoms with Crippen LogP contribution in [0.5, 0.6) is 11.5 Å². The van der Waals surface area contributed by atoms with Crippen LogP contribution in [0.15, 0.2) is 79.9 Å². The van der Waals surface area contributed by atoms with Gasteiger partial charge in [0, 0.05) is 35.4 Å². The number of benzene rings is 2. The van der Waals surface area contributed by atoms with Gasteiger partial charge >= 0.3 is 12.1 Å². The molecule has 1 saturated heterocycles. The van der Waals surface area contributed by atoms with Gasteiger partial charge in [-0.25, -0.2) is 14.6 Å². The third-order valence-corrected chi connectivity index (χ3v) is 9.11. The van der Waals surface area contributed by atoms with Crippen LogP contribution in [0.1, 0.15) is 52.9 Å². The van der Waals surface area contributed by atoms with Crippen molar-refractivity contribution in [2.75, 3.05) is 13.7 Å². The van der Waals surface area contributed by atoms with Crippen LogP contribution in [0.25, 0.3) is 22.2 Å². The maximum Gasteiger partial charge on any atom is 0.408 e. The number of nitrogens with zero attached hydrogens (tertiary/aromatic N) is 2. The molecule has 0 radical (unpaired) electrons. The summed E-state index contributed by atoms with van der Waals surface area (Å²) in [6.07, 6.45) is 3.45. The van der Waals surface area contributed by atoms with Gasteiger partial charge in [0.15, 0.2) is 0 Å². The number of hydrogen-bond donors (Lipinski definition) is 3. The zero-order valence-electron chi connectivity index (χ0n) is 29.5. The van der Waals surface area contributed by atoms with Gasteiger partial charge in [0.25, 0.3) is 0 Å². The van der Waals surface area contributed by atoms with Crippen LogP contribution in [0.4, 0.5) is 4.79 Å². The molecule has 1 aliphatic heterocycles. The first-order chi connectivity index (χ1) is 24.3. The van der Waals surface area contributed by atoms with E-state index in [9.17, 15) is 24.3 Å². The van der Waals surface area contributed by atoms with Gasteiger partial charge in [-0.1, -0.05) is 42.5 Å². The van der Waals surface area contributed by atoms with E-state index in [0.717, 1.165) is 5.56 Å². The number of aliphatic carboxylic acids is 1. The highest BCUT2D eigenvalue weighted by molar-refractivity contribution is 5.96. The van der Waals surface area contributed by atoms with Gasteiger partial charge in [0.05, 0.1) is 24.9 Å². The minimum absolute atomic E-state index is 0.00350. The first-order valence-electron chi connectivity index (χ1n) is 17.1. The summed E-state index contributed by atoms with van der Waals surface area (Å²) >= 11 is 0. The zero-order valence-corrected chi connectivity index (χ0v) is 29.5. The molecule has 270 valence electrons. The molecule has 5 atom stereocenters. The Labute approximate surface area is 297 Å². The number of carbonyl (C=O) groups excluding carboxylic acids is 3. The van der Waals surface area contributed by atoms with Crippen molar-refractivity contribution in [1.82, 2.24) is 20.5 Å². The number of rotatable bonds is 14. The number of aromatic nitrogens is 1. The van der Waals surface area contributed by atoms with Gasteiger partial charge in [0.1, 0.15) is 40.8 Å². The number of alkyl carbamates (subject to hydrolysis) is 1. The summed E-state index contributed by atoms with van der Waals surface area (Å²) in [4.78, 5) is 59.7. The van der Waals surface area contributed by atoms with Crippen molar-refractivity contribution in [1.29, 1.82) is 0 Å². The maximum absolute atomic E-state index is 14.3. The zero-order chi connectivity index (χ0) is 36.9. The van der Waals surface area contributed by atoms with Gasteiger partial charge in [-0.15, -0.1) is 13.2 Å². The van der Waals surface area contributed by atoms with Crippen molar-refractivity contribution in [3.8, 4) is 22.8 Å². The second kappa shape index (κ2) is 15.2. The van der Waals surface area contributed by atoms with E-state index >= 15 is 0 Å². The van der Waals surface area contributed by atoms with E-state index in [1.165, 1.54) is 11.0 Å². The lowest BCUT2D eigenvalue weighted by Gasteiger charge is -2.30. The van der Waals surface area contributed by atoms with E-state index in [4.69, 9.17) is 19.2 Å². The molecule has 1 aliphatic carbocycles. The first kappa shape index (κ1) is 36.9. The molecule has 2 aliphatic rings. The molecule has 2 aromatic carbocycles. The SMILES string of the molecule is C=CCCC[C@H](NC(=O)OC(C)(C)C)C(=O)N1C[C@H](Oc2cc(-c3ccccc3)nc3cc(OC)ccc23)C[C@H]1C(=O)N[C@]1(C(=O)O)C[C@@H]1C=C. The van der Waals surface area contributed by atoms with E-state index in [1.807, 2.05) is 48.5 Å². The molecule has 0 bridgehead atoms. The molecule has 12 nitrogen and oxygen atoms in total. The lowest BCUT2D eigenvalue weighted by molar-refractivity contribution is -0.145. The van der Waals surface area contributed by atoms with E-state index < -0.39 is 59.1 Å². The van der Waals surface area contributed by atoms with Crippen LogP contribution in [0.2, 0.25) is 0 Å². The Bertz CT molecular complexity index is 1810. The van der Waals surface area contributed by atoms with Crippen LogP contribution >= 0.6 is 0 Å². The molecule has 0 spiro atoms. The number of amides is 3. The summed E-state index contributed by atoms with van der Waals surface area (Å²) in [7, 11) is 1.57. The number of likely N-dealkylation sites (tertiary alicyclic amines) is 1. The average Bonchev–Trinajstić information content (AvgIpc) is 3.66. The van der Waals surface area contributed by atoms with E-state index in [0.29, 0.717) is 40.9 Å². The van der Waals surface area contributed by atoms with Crippen LogP contribution in [-0.4, -0.2) is 81.8 Å². The van der Waals surface area contributed by atoms with Crippen LogP contribution in [0, 0.1) is 5.92 Å². The molecular formula is C39H46N4O8. The maximum atomic E-state index is 14.3. The number of allylic oxidation sites excluding steroid dienone is 1. The summed E-state index contributed by atoms with van der Waals surface area (Å²) in [6.45, 7) is 12.6. The molecule has 0 unspecified atom stereocenters. The normalized spacial score (nSPS) is 21.6. The lowest BCUT2D eigenvalue weighted by atomic mass is 10.1. The average molecular weight is 699 g/mol. The number of carboxylic acid groups (broad SMARTS) is 1. The van der Waals surface area contributed by atoms with E-state index in [2.05, 4.69) is 23.8 Å². The Balaban J connectivity index is 1.49. The van der Waals surface area contributed by atoms with Gasteiger partial charge in [0.2, 0.25) is 11.8 Å². The second-order valence-electron chi connectivity index (χ2n) is 14.0. The molecule has 12 heteroatoms. The van der Waals surface area contributed by atoms with Gasteiger partial charge in [-0.2, -0.15) is 0 Å². The first-order valence-corrected chi connectivity index (χ1v) is 17.1. The Kier molecular flexibility index (Phi) is 11.0. The molecule has 3 aromatic rings. The lowest BCUT2D eigenvalue weighted by Crippen LogP contribution is -2.56. The van der Waals surface area contributed by atoms with Crippen molar-refractivity contribution in [3.05, 3.63) is 79.9 Å². The largest absolute Gasteiger partial charge is 0.497 e. The molecule has 5 rings (SSSR count). The van der Waals surface area contributed by atoms with Crippen molar-refractivity contribution in [2.45, 2.75) is 82.2 Å². The number of hydrogen-bond acceptors (Lipinski definition) is 8. The number of nitrogens with one attached hydrogen (secondary N) is 2. The fourth-order valence-corrected chi connectivity index (χ4v) is 6.40. The summed E-state index contributed by atoms with van der Waals surface area (Å²) in [6, 6.07) is 14.8. The molecule has 1 saturated carbocycles. The molecule has 51 heavy (non-hydrogen) atoms. The Morgan fingerprint density at radius 1 is 1.12 bits per heavy atom. The number of carboxylic acids is 1. The standard InChI is InChI=1S/C39H46N4O8/c1-7-9-11-16-29(41-37(48)51-38(3,4)5)35(45)43-23-27(20-32(43)34(44)42-39(36(46)47)22-25(39)8-2)50-33-21-30(24-14-12-10-13-15-24)40-31-19-26(49-6)17-18-28(31)33/h7-8,10,12-15,17-19,21,25,27,29,32H,1-2,9,11,16,20,22-23H2,3-6H3,(H,41,48)(H,42,44)(H,46,47)/t25-,27+,29-,32-,39+/m0/s1. The minimum atomic E-state index is -1.50. The monoisotopic (exact) mass is 698 g/mol. The molecule has 2 fully saturated rings. The molecule has 2 heterocycles.